The molecule has 0 aliphatic rings. The summed E-state index contributed by atoms with van der Waals surface area (Å²) in [4.78, 5) is 7.30. The second-order valence-electron chi connectivity index (χ2n) is 3.43. The highest BCUT2D eigenvalue weighted by atomic mass is 35.5. The second kappa shape index (κ2) is 3.64. The molecule has 0 fully saturated rings. The molecule has 1 aromatic carbocycles. The number of halogens is 1. The summed E-state index contributed by atoms with van der Waals surface area (Å²) >= 11 is 5.62. The van der Waals surface area contributed by atoms with E-state index in [9.17, 15) is 0 Å². The number of aromatic nitrogens is 3. The van der Waals surface area contributed by atoms with Crippen LogP contribution < -0.4 is 0 Å². The lowest BCUT2D eigenvalue weighted by molar-refractivity contribution is 0.425. The van der Waals surface area contributed by atoms with Crippen molar-refractivity contribution in [2.75, 3.05) is 0 Å². The van der Waals surface area contributed by atoms with Crippen molar-refractivity contribution in [3.8, 4) is 11.5 Å². The maximum atomic E-state index is 5.62. The Hall–Kier alpha value is -1.81. The third-order valence-electron chi connectivity index (χ3n) is 2.39. The summed E-state index contributed by atoms with van der Waals surface area (Å²) in [6.45, 7) is 0. The van der Waals surface area contributed by atoms with Crippen LogP contribution in [0.4, 0.5) is 0 Å². The molecule has 0 radical (unpaired) electrons. The largest absolute Gasteiger partial charge is 0.361 e. The number of nitrogens with one attached hydrogen (secondary N) is 1. The van der Waals surface area contributed by atoms with Gasteiger partial charge in [-0.15, -0.1) is 11.6 Å². The lowest BCUT2D eigenvalue weighted by atomic mass is 10.1. The van der Waals surface area contributed by atoms with Crippen LogP contribution >= 0.6 is 11.6 Å². The number of alkyl halides is 1. The monoisotopic (exact) mass is 233 g/mol. The molecule has 3 aromatic rings. The maximum Gasteiger partial charge on any atom is 0.257 e. The third-order valence-corrected chi connectivity index (χ3v) is 2.63. The SMILES string of the molecule is ClCc1noc(-c2ccc3[nH]ccc3c2)n1. The number of hydrogen-bond acceptors (Lipinski definition) is 3. The molecule has 3 rings (SSSR count). The molecule has 16 heavy (non-hydrogen) atoms. The number of rotatable bonds is 2. The van der Waals surface area contributed by atoms with Gasteiger partial charge in [-0.25, -0.2) is 0 Å². The highest BCUT2D eigenvalue weighted by Crippen LogP contribution is 2.22. The summed E-state index contributed by atoms with van der Waals surface area (Å²) in [6, 6.07) is 7.91. The smallest absolute Gasteiger partial charge is 0.257 e. The van der Waals surface area contributed by atoms with Crippen molar-refractivity contribution in [3.63, 3.8) is 0 Å². The van der Waals surface area contributed by atoms with E-state index in [0.29, 0.717) is 11.7 Å². The Morgan fingerprint density at radius 1 is 1.31 bits per heavy atom. The van der Waals surface area contributed by atoms with Gasteiger partial charge >= 0.3 is 0 Å². The number of nitrogens with zero attached hydrogens (tertiary/aromatic N) is 2. The molecule has 0 amide bonds. The van der Waals surface area contributed by atoms with Gasteiger partial charge in [-0.2, -0.15) is 4.98 Å². The average molecular weight is 234 g/mol. The van der Waals surface area contributed by atoms with Gasteiger partial charge in [0.15, 0.2) is 5.82 Å². The molecule has 1 N–H and O–H groups in total. The van der Waals surface area contributed by atoms with Gasteiger partial charge in [-0.05, 0) is 24.3 Å². The molecule has 80 valence electrons. The van der Waals surface area contributed by atoms with E-state index >= 15 is 0 Å². The van der Waals surface area contributed by atoms with Gasteiger partial charge in [0, 0.05) is 22.7 Å². The van der Waals surface area contributed by atoms with Gasteiger partial charge in [0.05, 0.1) is 5.88 Å². The predicted octanol–water partition coefficient (Wildman–Crippen LogP) is 2.96. The van der Waals surface area contributed by atoms with Crippen molar-refractivity contribution in [2.24, 2.45) is 0 Å². The van der Waals surface area contributed by atoms with Gasteiger partial charge in [-0.1, -0.05) is 5.16 Å². The fraction of sp³-hybridized carbons (Fsp3) is 0.0909. The van der Waals surface area contributed by atoms with Gasteiger partial charge < -0.3 is 9.51 Å². The predicted molar refractivity (Wildman–Crippen MR) is 61.1 cm³/mol. The minimum absolute atomic E-state index is 0.260. The fourth-order valence-electron chi connectivity index (χ4n) is 1.61. The van der Waals surface area contributed by atoms with E-state index in [1.165, 1.54) is 0 Å². The minimum atomic E-state index is 0.260. The van der Waals surface area contributed by atoms with Gasteiger partial charge in [0.25, 0.3) is 5.89 Å². The van der Waals surface area contributed by atoms with Crippen molar-refractivity contribution in [1.82, 2.24) is 15.1 Å². The summed E-state index contributed by atoms with van der Waals surface area (Å²) in [6.07, 6.45) is 1.90. The van der Waals surface area contributed by atoms with Gasteiger partial charge in [0.1, 0.15) is 0 Å². The van der Waals surface area contributed by atoms with E-state index in [4.69, 9.17) is 16.1 Å². The van der Waals surface area contributed by atoms with Crippen LogP contribution in [0.5, 0.6) is 0 Å². The molecule has 0 aliphatic heterocycles. The van der Waals surface area contributed by atoms with Crippen LogP contribution in [0.15, 0.2) is 35.0 Å². The lowest BCUT2D eigenvalue weighted by Crippen LogP contribution is -1.80. The molecule has 5 heteroatoms. The normalized spacial score (nSPS) is 11.1. The molecule has 0 aliphatic carbocycles. The summed E-state index contributed by atoms with van der Waals surface area (Å²) < 4.78 is 5.11. The number of benzene rings is 1. The molecule has 0 bridgehead atoms. The van der Waals surface area contributed by atoms with Crippen LogP contribution in [0.3, 0.4) is 0 Å². The van der Waals surface area contributed by atoms with Crippen LogP contribution in [-0.2, 0) is 5.88 Å². The number of hydrogen-bond donors (Lipinski definition) is 1. The molecule has 0 saturated heterocycles. The minimum Gasteiger partial charge on any atom is -0.361 e. The van der Waals surface area contributed by atoms with E-state index in [-0.39, 0.29) is 5.88 Å². The molecule has 4 nitrogen and oxygen atoms in total. The van der Waals surface area contributed by atoms with E-state index in [2.05, 4.69) is 15.1 Å². The Morgan fingerprint density at radius 2 is 2.25 bits per heavy atom. The van der Waals surface area contributed by atoms with Crippen LogP contribution in [0.2, 0.25) is 0 Å². The summed E-state index contributed by atoms with van der Waals surface area (Å²) in [5.74, 6) is 1.26. The molecular formula is C11H8ClN3O. The average Bonchev–Trinajstić information content (AvgIpc) is 2.96. The number of H-pyrrole nitrogens is 1. The molecule has 0 spiro atoms. The molecular weight excluding hydrogens is 226 g/mol. The maximum absolute atomic E-state index is 5.62. The Balaban J connectivity index is 2.10. The van der Waals surface area contributed by atoms with Crippen molar-refractivity contribution >= 4 is 22.5 Å². The van der Waals surface area contributed by atoms with E-state index in [0.717, 1.165) is 16.5 Å². The molecule has 0 unspecified atom stereocenters. The number of fused-ring (bicyclic) bond motifs is 1. The Bertz CT molecular complexity index is 629. The van der Waals surface area contributed by atoms with Gasteiger partial charge in [0.2, 0.25) is 0 Å². The molecule has 0 saturated carbocycles. The molecule has 2 aromatic heterocycles. The van der Waals surface area contributed by atoms with Crippen LogP contribution in [0, 0.1) is 0 Å². The molecule has 0 atom stereocenters. The van der Waals surface area contributed by atoms with Crippen LogP contribution in [0.25, 0.3) is 22.4 Å². The van der Waals surface area contributed by atoms with E-state index in [1.807, 2.05) is 30.5 Å². The summed E-state index contributed by atoms with van der Waals surface area (Å²) in [5.41, 5.74) is 1.98. The van der Waals surface area contributed by atoms with E-state index in [1.54, 1.807) is 0 Å². The first kappa shape index (κ1) is 9.42. The zero-order chi connectivity index (χ0) is 11.0. The summed E-state index contributed by atoms with van der Waals surface area (Å²) in [7, 11) is 0. The fourth-order valence-corrected chi connectivity index (χ4v) is 1.72. The Morgan fingerprint density at radius 3 is 3.06 bits per heavy atom. The highest BCUT2D eigenvalue weighted by Gasteiger charge is 2.08. The first-order chi connectivity index (χ1) is 7.86. The lowest BCUT2D eigenvalue weighted by Gasteiger charge is -1.94. The highest BCUT2D eigenvalue weighted by molar-refractivity contribution is 6.16. The first-order valence-corrected chi connectivity index (χ1v) is 5.36. The second-order valence-corrected chi connectivity index (χ2v) is 3.70. The van der Waals surface area contributed by atoms with Crippen molar-refractivity contribution in [2.45, 2.75) is 5.88 Å². The third kappa shape index (κ3) is 1.47. The standard InChI is InChI=1S/C11H8ClN3O/c12-6-10-14-11(16-15-10)8-1-2-9-7(5-8)3-4-13-9/h1-5,13H,6H2. The Kier molecular flexibility index (Phi) is 2.15. The first-order valence-electron chi connectivity index (χ1n) is 4.83. The van der Waals surface area contributed by atoms with Gasteiger partial charge in [-0.3, -0.25) is 0 Å². The zero-order valence-corrected chi connectivity index (χ0v) is 9.03. The van der Waals surface area contributed by atoms with Crippen molar-refractivity contribution in [1.29, 1.82) is 0 Å². The van der Waals surface area contributed by atoms with E-state index < -0.39 is 0 Å². The number of aromatic amines is 1. The summed E-state index contributed by atoms with van der Waals surface area (Å²) in [5, 5.41) is 4.87. The topological polar surface area (TPSA) is 54.7 Å². The molecule has 2 heterocycles. The van der Waals surface area contributed by atoms with Crippen LogP contribution in [-0.4, -0.2) is 15.1 Å². The van der Waals surface area contributed by atoms with Crippen LogP contribution in [0.1, 0.15) is 5.82 Å². The quantitative estimate of drug-likeness (QED) is 0.693. The Labute approximate surface area is 96.2 Å². The zero-order valence-electron chi connectivity index (χ0n) is 8.27. The van der Waals surface area contributed by atoms with Crippen molar-refractivity contribution < 1.29 is 4.52 Å². The van der Waals surface area contributed by atoms with Crippen molar-refractivity contribution in [3.05, 3.63) is 36.3 Å².